The fourth-order valence-corrected chi connectivity index (χ4v) is 5.32. The molecular formula is C33H46N8O7. The highest BCUT2D eigenvalue weighted by Gasteiger charge is 2.34. The van der Waals surface area contributed by atoms with Gasteiger partial charge < -0.3 is 40.7 Å². The maximum absolute atomic E-state index is 13.0. The van der Waals surface area contributed by atoms with Gasteiger partial charge in [-0.1, -0.05) is 19.3 Å². The van der Waals surface area contributed by atoms with Crippen LogP contribution < -0.4 is 26.0 Å². The van der Waals surface area contributed by atoms with Crippen LogP contribution in [0.3, 0.4) is 0 Å². The van der Waals surface area contributed by atoms with E-state index in [2.05, 4.69) is 36.2 Å². The van der Waals surface area contributed by atoms with E-state index in [-0.39, 0.29) is 37.4 Å². The average Bonchev–Trinajstić information content (AvgIpc) is 3.36. The zero-order chi connectivity index (χ0) is 34.7. The minimum atomic E-state index is -0.928. The first-order valence-corrected chi connectivity index (χ1v) is 16.3. The van der Waals surface area contributed by atoms with Crippen LogP contribution >= 0.6 is 0 Å². The summed E-state index contributed by atoms with van der Waals surface area (Å²) in [5.41, 5.74) is 0.842. The van der Waals surface area contributed by atoms with Crippen molar-refractivity contribution in [1.82, 2.24) is 20.2 Å². The van der Waals surface area contributed by atoms with E-state index < -0.39 is 23.6 Å². The number of benzene rings is 1. The number of nitrogens with zero attached hydrogens (tertiary/aromatic N) is 4. The molecular weight excluding hydrogens is 620 g/mol. The fraction of sp³-hybridized carbons (Fsp3) is 0.545. The Kier molecular flexibility index (Phi) is 12.5. The molecule has 4 amide bonds. The molecule has 1 fully saturated rings. The van der Waals surface area contributed by atoms with Crippen LogP contribution in [-0.4, -0.2) is 88.6 Å². The van der Waals surface area contributed by atoms with Gasteiger partial charge in [-0.05, 0) is 58.6 Å². The zero-order valence-corrected chi connectivity index (χ0v) is 28.0. The van der Waals surface area contributed by atoms with Crippen LogP contribution in [0.2, 0.25) is 0 Å². The lowest BCUT2D eigenvalue weighted by atomic mass is 9.96. The van der Waals surface area contributed by atoms with Gasteiger partial charge in [-0.3, -0.25) is 14.6 Å². The maximum atomic E-state index is 13.0. The van der Waals surface area contributed by atoms with Crippen LogP contribution in [0.1, 0.15) is 83.6 Å². The molecule has 0 spiro atoms. The highest BCUT2D eigenvalue weighted by Crippen LogP contribution is 2.36. The molecule has 2 aliphatic rings. The number of ether oxygens (including phenoxy) is 2. The molecule has 0 saturated heterocycles. The molecule has 1 saturated carbocycles. The van der Waals surface area contributed by atoms with Gasteiger partial charge in [0, 0.05) is 44.9 Å². The average molecular weight is 667 g/mol. The molecule has 0 bridgehead atoms. The number of urea groups is 1. The largest absolute Gasteiger partial charge is 0.491 e. The SMILES string of the molecule is CN(CCCNc1ncnc2c1C(C=Nc1ccc(NC(=O)NC3CCCCC3)c(OCCCC(=O)O)c1)C(=O)N2)C(=O)OC(C)(C)C. The van der Waals surface area contributed by atoms with Crippen LogP contribution in [-0.2, 0) is 14.3 Å². The number of carboxylic acid groups (broad SMARTS) is 1. The number of nitrogens with one attached hydrogen (secondary N) is 4. The highest BCUT2D eigenvalue weighted by atomic mass is 16.6. The summed E-state index contributed by atoms with van der Waals surface area (Å²) in [4.78, 5) is 63.6. The van der Waals surface area contributed by atoms with Gasteiger partial charge in [-0.25, -0.2) is 19.6 Å². The number of hydrogen-bond donors (Lipinski definition) is 5. The van der Waals surface area contributed by atoms with Gasteiger partial charge >= 0.3 is 18.1 Å². The molecule has 4 rings (SSSR count). The smallest absolute Gasteiger partial charge is 0.410 e. The van der Waals surface area contributed by atoms with Crippen molar-refractivity contribution in [3.8, 4) is 5.75 Å². The quantitative estimate of drug-likeness (QED) is 0.131. The van der Waals surface area contributed by atoms with Crippen molar-refractivity contribution >= 4 is 53.2 Å². The molecule has 1 atom stereocenters. The zero-order valence-electron chi connectivity index (χ0n) is 28.0. The molecule has 1 unspecified atom stereocenters. The molecule has 1 aliphatic carbocycles. The van der Waals surface area contributed by atoms with Crippen molar-refractivity contribution < 1.29 is 33.8 Å². The lowest BCUT2D eigenvalue weighted by molar-refractivity contribution is -0.137. The third-order valence-electron chi connectivity index (χ3n) is 7.71. The lowest BCUT2D eigenvalue weighted by Crippen LogP contribution is -2.39. The molecule has 15 nitrogen and oxygen atoms in total. The van der Waals surface area contributed by atoms with Gasteiger partial charge in [-0.2, -0.15) is 0 Å². The number of carbonyl (C=O) groups is 4. The first-order chi connectivity index (χ1) is 22.9. The molecule has 48 heavy (non-hydrogen) atoms. The summed E-state index contributed by atoms with van der Waals surface area (Å²) in [6, 6.07) is 4.75. The molecule has 5 N–H and O–H groups in total. The van der Waals surface area contributed by atoms with E-state index in [0.717, 1.165) is 25.7 Å². The molecule has 1 aromatic carbocycles. The van der Waals surface area contributed by atoms with Crippen molar-refractivity contribution in [1.29, 1.82) is 0 Å². The Balaban J connectivity index is 1.43. The van der Waals surface area contributed by atoms with E-state index in [1.165, 1.54) is 23.9 Å². The molecule has 260 valence electrons. The Morgan fingerprint density at radius 2 is 1.92 bits per heavy atom. The number of aliphatic imine (C=N–C) groups is 1. The van der Waals surface area contributed by atoms with Crippen LogP contribution in [0.15, 0.2) is 29.5 Å². The second-order valence-corrected chi connectivity index (χ2v) is 12.9. The van der Waals surface area contributed by atoms with Gasteiger partial charge in [-0.15, -0.1) is 0 Å². The van der Waals surface area contributed by atoms with Crippen LogP contribution in [0.4, 0.5) is 32.6 Å². The summed E-state index contributed by atoms with van der Waals surface area (Å²) in [6.45, 7) is 6.49. The second-order valence-electron chi connectivity index (χ2n) is 12.9. The Bertz CT molecular complexity index is 1490. The van der Waals surface area contributed by atoms with Crippen molar-refractivity contribution in [3.05, 3.63) is 30.1 Å². The number of hydrogen-bond acceptors (Lipinski definition) is 10. The summed E-state index contributed by atoms with van der Waals surface area (Å²) in [7, 11) is 1.67. The number of carbonyl (C=O) groups excluding carboxylic acids is 3. The minimum Gasteiger partial charge on any atom is -0.491 e. The van der Waals surface area contributed by atoms with E-state index in [1.807, 2.05) is 20.8 Å². The Morgan fingerprint density at radius 3 is 2.65 bits per heavy atom. The number of anilines is 3. The predicted molar refractivity (Wildman–Crippen MR) is 181 cm³/mol. The van der Waals surface area contributed by atoms with Gasteiger partial charge in [0.2, 0.25) is 5.91 Å². The molecule has 1 aromatic heterocycles. The Hall–Kier alpha value is -4.95. The topological polar surface area (TPSA) is 196 Å². The van der Waals surface area contributed by atoms with Crippen LogP contribution in [0, 0.1) is 0 Å². The van der Waals surface area contributed by atoms with Gasteiger partial charge in [0.15, 0.2) is 0 Å². The number of rotatable bonds is 14. The number of fused-ring (bicyclic) bond motifs is 1. The standard InChI is InChI=1S/C33H46N8O7/c1-33(2,3)48-32(46)41(4)16-9-15-34-28-27-23(30(44)40-29(27)37-20-36-28)19-35-22-13-14-24(25(18-22)47-17-8-12-26(42)43)39-31(45)38-21-10-6-5-7-11-21/h13-14,18-21,23H,5-12,15-17H2,1-4H3,(H,42,43)(H2,38,39,45)(H2,34,36,37,40,44). The predicted octanol–water partition coefficient (Wildman–Crippen LogP) is 5.28. The summed E-state index contributed by atoms with van der Waals surface area (Å²) in [5, 5.41) is 20.9. The number of aromatic nitrogens is 2. The van der Waals surface area contributed by atoms with E-state index in [1.54, 1.807) is 25.2 Å². The second kappa shape index (κ2) is 16.7. The van der Waals surface area contributed by atoms with E-state index in [9.17, 15) is 19.2 Å². The number of amides is 4. The number of aliphatic carboxylic acids is 1. The van der Waals surface area contributed by atoms with Crippen LogP contribution in [0.5, 0.6) is 5.75 Å². The molecule has 1 aliphatic heterocycles. The molecule has 0 radical (unpaired) electrons. The van der Waals surface area contributed by atoms with Crippen molar-refractivity contribution in [2.75, 3.05) is 42.7 Å². The van der Waals surface area contributed by atoms with Crippen molar-refractivity contribution in [3.63, 3.8) is 0 Å². The normalized spacial score (nSPS) is 16.2. The van der Waals surface area contributed by atoms with Gasteiger partial charge in [0.05, 0.1) is 23.5 Å². The molecule has 2 heterocycles. The first kappa shape index (κ1) is 35.9. The van der Waals surface area contributed by atoms with E-state index >= 15 is 0 Å². The minimum absolute atomic E-state index is 0.0577. The Morgan fingerprint density at radius 1 is 1.15 bits per heavy atom. The Labute approximate surface area is 280 Å². The van der Waals surface area contributed by atoms with Gasteiger partial charge in [0.1, 0.15) is 35.2 Å². The van der Waals surface area contributed by atoms with Gasteiger partial charge in [0.25, 0.3) is 0 Å². The molecule has 15 heteroatoms. The summed E-state index contributed by atoms with van der Waals surface area (Å²) >= 11 is 0. The lowest BCUT2D eigenvalue weighted by Gasteiger charge is -2.24. The third-order valence-corrected chi connectivity index (χ3v) is 7.71. The van der Waals surface area contributed by atoms with Crippen molar-refractivity contribution in [2.45, 2.75) is 89.7 Å². The van der Waals surface area contributed by atoms with Crippen molar-refractivity contribution in [2.24, 2.45) is 4.99 Å². The highest BCUT2D eigenvalue weighted by molar-refractivity contribution is 6.13. The summed E-state index contributed by atoms with van der Waals surface area (Å²) in [5.74, 6) is -0.848. The first-order valence-electron chi connectivity index (χ1n) is 16.3. The van der Waals surface area contributed by atoms with E-state index in [4.69, 9.17) is 14.6 Å². The fourth-order valence-electron chi connectivity index (χ4n) is 5.32. The summed E-state index contributed by atoms with van der Waals surface area (Å²) < 4.78 is 11.3. The molecule has 2 aromatic rings. The number of carboxylic acids is 1. The summed E-state index contributed by atoms with van der Waals surface area (Å²) in [6.07, 6.45) is 8.48. The van der Waals surface area contributed by atoms with Crippen LogP contribution in [0.25, 0.3) is 0 Å². The monoisotopic (exact) mass is 666 g/mol. The third kappa shape index (κ3) is 10.8. The van der Waals surface area contributed by atoms with E-state index in [0.29, 0.717) is 53.8 Å². The maximum Gasteiger partial charge on any atom is 0.410 e.